The molecule has 1 atom stereocenters. The molecule has 120 valence electrons. The van der Waals surface area contributed by atoms with Crippen molar-refractivity contribution in [3.63, 3.8) is 0 Å². The van der Waals surface area contributed by atoms with Crippen LogP contribution in [-0.4, -0.2) is 36.1 Å². The average molecular weight is 373 g/mol. The molecule has 0 spiro atoms. The summed E-state index contributed by atoms with van der Waals surface area (Å²) in [7, 11) is 0. The van der Waals surface area contributed by atoms with E-state index >= 15 is 0 Å². The largest absolute Gasteiger partial charge is 0.312 e. The first-order valence-corrected chi connectivity index (χ1v) is 9.99. The highest BCUT2D eigenvalue weighted by Crippen LogP contribution is 2.34. The molecule has 0 aliphatic carbocycles. The topological polar surface area (TPSA) is 15.3 Å². The van der Waals surface area contributed by atoms with Gasteiger partial charge < -0.3 is 5.32 Å². The van der Waals surface area contributed by atoms with E-state index in [4.69, 9.17) is 0 Å². The quantitative estimate of drug-likeness (QED) is 0.711. The first kappa shape index (κ1) is 17.5. The highest BCUT2D eigenvalue weighted by molar-refractivity contribution is 9.11. The highest BCUT2D eigenvalue weighted by Gasteiger charge is 2.41. The number of hydrogen-bond donors (Lipinski definition) is 1. The Labute approximate surface area is 142 Å². The van der Waals surface area contributed by atoms with E-state index < -0.39 is 0 Å². The molecule has 1 fully saturated rings. The van der Waals surface area contributed by atoms with E-state index in [0.29, 0.717) is 11.6 Å². The van der Waals surface area contributed by atoms with E-state index in [1.807, 2.05) is 11.3 Å². The normalized spacial score (nSPS) is 18.3. The van der Waals surface area contributed by atoms with Gasteiger partial charge in [0.25, 0.3) is 0 Å². The summed E-state index contributed by atoms with van der Waals surface area (Å²) in [4.78, 5) is 4.25. The summed E-state index contributed by atoms with van der Waals surface area (Å²) in [5, 5.41) is 3.81. The van der Waals surface area contributed by atoms with Gasteiger partial charge in [0.05, 0.1) is 3.79 Å². The zero-order valence-corrected chi connectivity index (χ0v) is 16.0. The van der Waals surface area contributed by atoms with Crippen LogP contribution in [0.2, 0.25) is 0 Å². The van der Waals surface area contributed by atoms with Gasteiger partial charge in [0.2, 0.25) is 0 Å². The van der Waals surface area contributed by atoms with Crippen LogP contribution in [0.25, 0.3) is 0 Å². The number of likely N-dealkylation sites (N-methyl/N-ethyl adjacent to an activating group) is 1. The second kappa shape index (κ2) is 8.09. The van der Waals surface area contributed by atoms with Crippen LogP contribution in [-0.2, 0) is 6.42 Å². The molecule has 1 N–H and O–H groups in total. The Balaban J connectivity index is 2.22. The number of halogens is 1. The predicted octanol–water partition coefficient (Wildman–Crippen LogP) is 4.69. The average Bonchev–Trinajstić information content (AvgIpc) is 3.13. The van der Waals surface area contributed by atoms with Crippen LogP contribution in [0.4, 0.5) is 0 Å². The molecular weight excluding hydrogens is 344 g/mol. The zero-order chi connectivity index (χ0) is 15.3. The van der Waals surface area contributed by atoms with E-state index in [1.165, 1.54) is 47.4 Å². The summed E-state index contributed by atoms with van der Waals surface area (Å²) < 4.78 is 1.24. The molecule has 2 rings (SSSR count). The fourth-order valence-electron chi connectivity index (χ4n) is 3.93. The van der Waals surface area contributed by atoms with Crippen molar-refractivity contribution in [2.45, 2.75) is 64.5 Å². The number of rotatable bonds is 8. The van der Waals surface area contributed by atoms with Gasteiger partial charge in [-0.3, -0.25) is 4.90 Å². The molecule has 0 aromatic carbocycles. The molecule has 0 radical (unpaired) electrons. The highest BCUT2D eigenvalue weighted by atomic mass is 79.9. The van der Waals surface area contributed by atoms with Crippen molar-refractivity contribution in [2.75, 3.05) is 19.6 Å². The maximum atomic E-state index is 3.81. The lowest BCUT2D eigenvalue weighted by Gasteiger charge is -2.47. The Morgan fingerprint density at radius 1 is 1.24 bits per heavy atom. The van der Waals surface area contributed by atoms with Gasteiger partial charge in [0, 0.05) is 16.5 Å². The van der Waals surface area contributed by atoms with E-state index in [-0.39, 0.29) is 0 Å². The summed E-state index contributed by atoms with van der Waals surface area (Å²) in [6.07, 6.45) is 6.33. The molecule has 1 unspecified atom stereocenters. The van der Waals surface area contributed by atoms with Gasteiger partial charge in [0.1, 0.15) is 0 Å². The smallest absolute Gasteiger partial charge is 0.0701 e. The molecule has 1 saturated heterocycles. The molecule has 1 aromatic heterocycles. The molecule has 2 heterocycles. The first-order valence-electron chi connectivity index (χ1n) is 8.39. The van der Waals surface area contributed by atoms with Crippen molar-refractivity contribution >= 4 is 27.3 Å². The minimum Gasteiger partial charge on any atom is -0.312 e. The van der Waals surface area contributed by atoms with Crippen molar-refractivity contribution in [3.8, 4) is 0 Å². The van der Waals surface area contributed by atoms with Crippen LogP contribution < -0.4 is 5.32 Å². The zero-order valence-electron chi connectivity index (χ0n) is 13.6. The van der Waals surface area contributed by atoms with Crippen LogP contribution in [0.3, 0.4) is 0 Å². The summed E-state index contributed by atoms with van der Waals surface area (Å²) in [6, 6.07) is 5.00. The van der Waals surface area contributed by atoms with Gasteiger partial charge in [-0.1, -0.05) is 20.8 Å². The lowest BCUT2D eigenvalue weighted by atomic mass is 9.80. The lowest BCUT2D eigenvalue weighted by Crippen LogP contribution is -2.60. The van der Waals surface area contributed by atoms with Crippen molar-refractivity contribution in [1.82, 2.24) is 10.2 Å². The van der Waals surface area contributed by atoms with Crippen LogP contribution in [0, 0.1) is 0 Å². The maximum Gasteiger partial charge on any atom is 0.0701 e. The summed E-state index contributed by atoms with van der Waals surface area (Å²) in [6.45, 7) is 10.6. The van der Waals surface area contributed by atoms with Crippen LogP contribution in [0.15, 0.2) is 15.9 Å². The minimum absolute atomic E-state index is 0.309. The summed E-state index contributed by atoms with van der Waals surface area (Å²) >= 11 is 5.48. The van der Waals surface area contributed by atoms with Crippen molar-refractivity contribution < 1.29 is 0 Å². The van der Waals surface area contributed by atoms with Gasteiger partial charge in [-0.05, 0) is 79.8 Å². The molecule has 0 saturated carbocycles. The third kappa shape index (κ3) is 3.90. The molecule has 4 heteroatoms. The third-order valence-electron chi connectivity index (χ3n) is 5.09. The van der Waals surface area contributed by atoms with Gasteiger partial charge in [-0.25, -0.2) is 0 Å². The van der Waals surface area contributed by atoms with E-state index in [2.05, 4.69) is 59.1 Å². The predicted molar refractivity (Wildman–Crippen MR) is 97.3 cm³/mol. The molecule has 1 aliphatic rings. The van der Waals surface area contributed by atoms with Crippen molar-refractivity contribution in [1.29, 1.82) is 0 Å². The monoisotopic (exact) mass is 372 g/mol. The molecule has 2 nitrogen and oxygen atoms in total. The minimum atomic E-state index is 0.309. The van der Waals surface area contributed by atoms with E-state index in [0.717, 1.165) is 13.0 Å². The fraction of sp³-hybridized carbons (Fsp3) is 0.765. The van der Waals surface area contributed by atoms with Crippen molar-refractivity contribution in [3.05, 3.63) is 20.8 Å². The Bertz CT molecular complexity index is 422. The maximum absolute atomic E-state index is 3.81. The number of nitrogens with one attached hydrogen (secondary N) is 1. The molecule has 21 heavy (non-hydrogen) atoms. The van der Waals surface area contributed by atoms with Crippen LogP contribution in [0.5, 0.6) is 0 Å². The Morgan fingerprint density at radius 3 is 2.38 bits per heavy atom. The van der Waals surface area contributed by atoms with Gasteiger partial charge >= 0.3 is 0 Å². The molecule has 0 amide bonds. The Hall–Kier alpha value is 0.1000. The molecule has 0 bridgehead atoms. The number of thiophene rings is 1. The fourth-order valence-corrected chi connectivity index (χ4v) is 5.46. The summed E-state index contributed by atoms with van der Waals surface area (Å²) in [5.74, 6) is 0. The standard InChI is InChI=1S/C17H29BrN2S/c1-4-17(5-2,20-11-7-8-12-20)15(19-6-3)13-14-9-10-16(18)21-14/h9-10,15,19H,4-8,11-13H2,1-3H3. The lowest BCUT2D eigenvalue weighted by molar-refractivity contribution is 0.0629. The summed E-state index contributed by atoms with van der Waals surface area (Å²) in [5.41, 5.74) is 0.309. The first-order chi connectivity index (χ1) is 10.2. The number of likely N-dealkylation sites (tertiary alicyclic amines) is 1. The number of hydrogen-bond acceptors (Lipinski definition) is 3. The van der Waals surface area contributed by atoms with E-state index in [9.17, 15) is 0 Å². The van der Waals surface area contributed by atoms with Gasteiger partial charge in [-0.15, -0.1) is 11.3 Å². The third-order valence-corrected chi connectivity index (χ3v) is 6.74. The van der Waals surface area contributed by atoms with Gasteiger partial charge in [-0.2, -0.15) is 0 Å². The SMILES string of the molecule is CCNC(Cc1ccc(Br)s1)C(CC)(CC)N1CCCC1. The molecule has 1 aliphatic heterocycles. The van der Waals surface area contributed by atoms with Crippen LogP contribution in [0.1, 0.15) is 51.3 Å². The molecular formula is C17H29BrN2S. The second-order valence-electron chi connectivity index (χ2n) is 6.03. The number of nitrogens with zero attached hydrogens (tertiary/aromatic N) is 1. The van der Waals surface area contributed by atoms with Crippen LogP contribution >= 0.6 is 27.3 Å². The Morgan fingerprint density at radius 2 is 1.90 bits per heavy atom. The van der Waals surface area contributed by atoms with E-state index in [1.54, 1.807) is 0 Å². The second-order valence-corrected chi connectivity index (χ2v) is 8.57. The van der Waals surface area contributed by atoms with Gasteiger partial charge in [0.15, 0.2) is 0 Å². The molecule has 1 aromatic rings. The Kier molecular flexibility index (Phi) is 6.73. The van der Waals surface area contributed by atoms with Crippen molar-refractivity contribution in [2.24, 2.45) is 0 Å².